The maximum Gasteiger partial charge on any atom is 0.230 e. The van der Waals surface area contributed by atoms with Crippen LogP contribution < -0.4 is 10.1 Å². The van der Waals surface area contributed by atoms with E-state index in [4.69, 9.17) is 9.47 Å². The van der Waals surface area contributed by atoms with Crippen molar-refractivity contribution in [3.63, 3.8) is 0 Å². The average molecular weight is 415 g/mol. The fourth-order valence-electron chi connectivity index (χ4n) is 3.44. The number of nitrogens with one attached hydrogen (secondary N) is 1. The summed E-state index contributed by atoms with van der Waals surface area (Å²) in [6.45, 7) is 7.92. The number of morpholine rings is 1. The molecule has 0 aliphatic carbocycles. The highest BCUT2D eigenvalue weighted by Crippen LogP contribution is 2.25. The molecule has 1 unspecified atom stereocenters. The van der Waals surface area contributed by atoms with Gasteiger partial charge in [0.15, 0.2) is 0 Å². The van der Waals surface area contributed by atoms with Gasteiger partial charge in [0.25, 0.3) is 0 Å². The number of ether oxygens (including phenoxy) is 2. The molecule has 0 aromatic heterocycles. The van der Waals surface area contributed by atoms with E-state index in [0.29, 0.717) is 12.3 Å². The van der Waals surface area contributed by atoms with Gasteiger partial charge in [-0.2, -0.15) is 0 Å². The van der Waals surface area contributed by atoms with E-state index < -0.39 is 0 Å². The molecule has 0 spiro atoms. The Balaban J connectivity index is 1.61. The molecule has 1 aliphatic rings. The van der Waals surface area contributed by atoms with Crippen molar-refractivity contribution in [3.8, 4) is 5.75 Å². The smallest absolute Gasteiger partial charge is 0.230 e. The second-order valence-electron chi connectivity index (χ2n) is 7.30. The van der Waals surface area contributed by atoms with Crippen LogP contribution in [-0.2, 0) is 9.53 Å². The lowest BCUT2D eigenvalue weighted by molar-refractivity contribution is -0.118. The molecule has 5 nitrogen and oxygen atoms in total. The zero-order valence-electron chi connectivity index (χ0n) is 17.4. The number of nitrogens with zero attached hydrogens (tertiary/aromatic N) is 1. The topological polar surface area (TPSA) is 50.8 Å². The fourth-order valence-corrected chi connectivity index (χ4v) is 4.39. The van der Waals surface area contributed by atoms with Crippen molar-refractivity contribution in [2.45, 2.75) is 24.8 Å². The van der Waals surface area contributed by atoms with Crippen molar-refractivity contribution in [3.05, 3.63) is 59.2 Å². The summed E-state index contributed by atoms with van der Waals surface area (Å²) in [4.78, 5) is 16.1. The molecule has 156 valence electrons. The van der Waals surface area contributed by atoms with Gasteiger partial charge in [-0.1, -0.05) is 29.8 Å². The van der Waals surface area contributed by atoms with E-state index in [1.165, 1.54) is 21.6 Å². The summed E-state index contributed by atoms with van der Waals surface area (Å²) in [5.74, 6) is 1.31. The summed E-state index contributed by atoms with van der Waals surface area (Å²) < 4.78 is 10.8. The Morgan fingerprint density at radius 2 is 1.90 bits per heavy atom. The van der Waals surface area contributed by atoms with Gasteiger partial charge in [0, 0.05) is 24.5 Å². The lowest BCUT2D eigenvalue weighted by atomic mass is 10.0. The van der Waals surface area contributed by atoms with E-state index >= 15 is 0 Å². The third-order valence-corrected chi connectivity index (χ3v) is 6.34. The van der Waals surface area contributed by atoms with Gasteiger partial charge in [0.2, 0.25) is 5.91 Å². The first-order chi connectivity index (χ1) is 14.1. The number of aryl methyl sites for hydroxylation is 2. The molecule has 0 bridgehead atoms. The molecule has 1 aliphatic heterocycles. The number of carbonyl (C=O) groups is 1. The maximum absolute atomic E-state index is 12.5. The Kier molecular flexibility index (Phi) is 7.98. The Bertz CT molecular complexity index is 804. The van der Waals surface area contributed by atoms with Gasteiger partial charge in [-0.05, 0) is 43.2 Å². The van der Waals surface area contributed by atoms with Gasteiger partial charge >= 0.3 is 0 Å². The molecule has 0 saturated carbocycles. The molecule has 2 aromatic carbocycles. The number of amides is 1. The van der Waals surface area contributed by atoms with E-state index in [2.05, 4.69) is 54.4 Å². The van der Waals surface area contributed by atoms with Crippen LogP contribution in [0.5, 0.6) is 5.75 Å². The van der Waals surface area contributed by atoms with E-state index in [9.17, 15) is 4.79 Å². The van der Waals surface area contributed by atoms with E-state index in [-0.39, 0.29) is 11.9 Å². The summed E-state index contributed by atoms with van der Waals surface area (Å²) in [7, 11) is 1.67. The van der Waals surface area contributed by atoms with Crippen LogP contribution in [-0.4, -0.2) is 56.5 Å². The number of benzene rings is 2. The standard InChI is InChI=1S/C23H30N2O3S/c1-17-4-5-18(2)22(14-17)29-16-23(26)24-15-21(25-10-12-28-13-11-25)19-6-8-20(27-3)9-7-19/h4-9,14,21H,10-13,15-16H2,1-3H3,(H,24,26). The first-order valence-corrected chi connectivity index (χ1v) is 11.0. The molecule has 1 N–H and O–H groups in total. The summed E-state index contributed by atoms with van der Waals surface area (Å²) in [5.41, 5.74) is 3.60. The highest BCUT2D eigenvalue weighted by molar-refractivity contribution is 8.00. The van der Waals surface area contributed by atoms with Crippen LogP contribution in [0, 0.1) is 13.8 Å². The maximum atomic E-state index is 12.5. The van der Waals surface area contributed by atoms with Crippen molar-refractivity contribution in [1.29, 1.82) is 0 Å². The largest absolute Gasteiger partial charge is 0.497 e. The predicted molar refractivity (Wildman–Crippen MR) is 118 cm³/mol. The molecular formula is C23H30N2O3S. The Hall–Kier alpha value is -2.02. The summed E-state index contributed by atoms with van der Waals surface area (Å²) in [6.07, 6.45) is 0. The molecule has 3 rings (SSSR count). The van der Waals surface area contributed by atoms with Crippen LogP contribution in [0.25, 0.3) is 0 Å². The van der Waals surface area contributed by atoms with Crippen molar-refractivity contribution < 1.29 is 14.3 Å². The number of methoxy groups -OCH3 is 1. The minimum atomic E-state index is 0.0580. The number of hydrogen-bond donors (Lipinski definition) is 1. The van der Waals surface area contributed by atoms with Crippen molar-refractivity contribution in [2.75, 3.05) is 45.7 Å². The van der Waals surface area contributed by atoms with Crippen molar-refractivity contribution in [1.82, 2.24) is 10.2 Å². The molecule has 2 aromatic rings. The molecule has 29 heavy (non-hydrogen) atoms. The lowest BCUT2D eigenvalue weighted by Crippen LogP contribution is -2.44. The molecule has 0 radical (unpaired) electrons. The van der Waals surface area contributed by atoms with Gasteiger partial charge in [0.05, 0.1) is 32.1 Å². The van der Waals surface area contributed by atoms with Gasteiger partial charge < -0.3 is 14.8 Å². The quantitative estimate of drug-likeness (QED) is 0.669. The number of rotatable bonds is 8. The van der Waals surface area contributed by atoms with Crippen molar-refractivity contribution in [2.24, 2.45) is 0 Å². The second-order valence-corrected chi connectivity index (χ2v) is 8.32. The summed E-state index contributed by atoms with van der Waals surface area (Å²) in [6, 6.07) is 14.6. The van der Waals surface area contributed by atoms with E-state index in [0.717, 1.165) is 32.1 Å². The van der Waals surface area contributed by atoms with Crippen LogP contribution in [0.3, 0.4) is 0 Å². The van der Waals surface area contributed by atoms with E-state index in [1.54, 1.807) is 18.9 Å². The van der Waals surface area contributed by atoms with Gasteiger partial charge in [-0.25, -0.2) is 0 Å². The monoisotopic (exact) mass is 414 g/mol. The molecule has 1 fully saturated rings. The minimum absolute atomic E-state index is 0.0580. The van der Waals surface area contributed by atoms with E-state index in [1.807, 2.05) is 12.1 Å². The predicted octanol–water partition coefficient (Wildman–Crippen LogP) is 3.59. The summed E-state index contributed by atoms with van der Waals surface area (Å²) >= 11 is 1.60. The van der Waals surface area contributed by atoms with Crippen molar-refractivity contribution >= 4 is 17.7 Å². The van der Waals surface area contributed by atoms with Crippen LogP contribution in [0.15, 0.2) is 47.4 Å². The molecular weight excluding hydrogens is 384 g/mol. The first kappa shape index (κ1) is 21.7. The molecule has 6 heteroatoms. The first-order valence-electron chi connectivity index (χ1n) is 9.99. The van der Waals surface area contributed by atoms with Gasteiger partial charge in [0.1, 0.15) is 5.75 Å². The molecule has 1 heterocycles. The fraction of sp³-hybridized carbons (Fsp3) is 0.435. The van der Waals surface area contributed by atoms with Crippen LogP contribution in [0.1, 0.15) is 22.7 Å². The lowest BCUT2D eigenvalue weighted by Gasteiger charge is -2.35. The zero-order chi connectivity index (χ0) is 20.6. The molecule has 1 atom stereocenters. The Morgan fingerprint density at radius 3 is 2.59 bits per heavy atom. The van der Waals surface area contributed by atoms with Crippen LogP contribution >= 0.6 is 11.8 Å². The summed E-state index contributed by atoms with van der Waals surface area (Å²) in [5, 5.41) is 3.14. The molecule has 1 saturated heterocycles. The van der Waals surface area contributed by atoms with Gasteiger partial charge in [-0.3, -0.25) is 9.69 Å². The Labute approximate surface area is 177 Å². The Morgan fingerprint density at radius 1 is 1.17 bits per heavy atom. The number of carbonyl (C=O) groups excluding carboxylic acids is 1. The van der Waals surface area contributed by atoms with Crippen LogP contribution in [0.4, 0.5) is 0 Å². The highest BCUT2D eigenvalue weighted by Gasteiger charge is 2.23. The SMILES string of the molecule is COc1ccc(C(CNC(=O)CSc2cc(C)ccc2C)N2CCOCC2)cc1. The number of hydrogen-bond acceptors (Lipinski definition) is 5. The van der Waals surface area contributed by atoms with Crippen LogP contribution in [0.2, 0.25) is 0 Å². The third kappa shape index (κ3) is 6.23. The average Bonchev–Trinajstić information content (AvgIpc) is 2.75. The highest BCUT2D eigenvalue weighted by atomic mass is 32.2. The number of thioether (sulfide) groups is 1. The molecule has 1 amide bonds. The normalized spacial score (nSPS) is 15.7. The minimum Gasteiger partial charge on any atom is -0.497 e. The third-order valence-electron chi connectivity index (χ3n) is 5.18. The zero-order valence-corrected chi connectivity index (χ0v) is 18.3. The second kappa shape index (κ2) is 10.7. The van der Waals surface area contributed by atoms with Gasteiger partial charge in [-0.15, -0.1) is 11.8 Å².